The number of hydrogen-bond acceptors (Lipinski definition) is 8. The van der Waals surface area contributed by atoms with Crippen LogP contribution in [-0.4, -0.2) is 57.5 Å². The molecule has 0 radical (unpaired) electrons. The second-order valence-corrected chi connectivity index (χ2v) is 10.0. The molecule has 0 amide bonds. The molecule has 1 fully saturated rings. The lowest BCUT2D eigenvalue weighted by molar-refractivity contribution is -0.167. The zero-order valence-corrected chi connectivity index (χ0v) is 21.9. The van der Waals surface area contributed by atoms with Gasteiger partial charge in [-0.3, -0.25) is 4.90 Å². The van der Waals surface area contributed by atoms with Gasteiger partial charge in [0.05, 0.1) is 47.9 Å². The van der Waals surface area contributed by atoms with E-state index in [0.717, 1.165) is 22.2 Å². The average Bonchev–Trinajstić information content (AvgIpc) is 3.45. The molecular formula is C28H26F3N7O2. The molecule has 4 aromatic rings. The maximum atomic E-state index is 13.5. The molecule has 1 N–H and O–H groups in total. The summed E-state index contributed by atoms with van der Waals surface area (Å²) in [4.78, 5) is 15.2. The molecule has 3 aromatic heterocycles. The molecule has 0 aliphatic carbocycles. The van der Waals surface area contributed by atoms with Gasteiger partial charge in [0.25, 0.3) is 0 Å². The van der Waals surface area contributed by atoms with Crippen LogP contribution in [0.25, 0.3) is 22.3 Å². The van der Waals surface area contributed by atoms with Gasteiger partial charge in [-0.15, -0.1) is 0 Å². The largest absolute Gasteiger partial charge is 0.494 e. The fourth-order valence-corrected chi connectivity index (χ4v) is 5.85. The Hall–Kier alpha value is -4.21. The highest BCUT2D eigenvalue weighted by molar-refractivity contribution is 5.93. The summed E-state index contributed by atoms with van der Waals surface area (Å²) in [6.07, 6.45) is -1.69. The van der Waals surface area contributed by atoms with Gasteiger partial charge in [-0.2, -0.15) is 18.4 Å². The normalized spacial score (nSPS) is 16.7. The molecule has 1 aromatic carbocycles. The van der Waals surface area contributed by atoms with Crippen LogP contribution in [0.4, 0.5) is 24.7 Å². The van der Waals surface area contributed by atoms with E-state index in [0.29, 0.717) is 54.7 Å². The molecule has 0 unspecified atom stereocenters. The first-order valence-corrected chi connectivity index (χ1v) is 12.8. The first-order valence-electron chi connectivity index (χ1n) is 12.8. The molecule has 12 heteroatoms. The number of pyridine rings is 2. The third-order valence-corrected chi connectivity index (χ3v) is 7.70. The summed E-state index contributed by atoms with van der Waals surface area (Å²) in [5.74, 6) is 0.827. The fraction of sp³-hybridized carbons (Fsp3) is 0.357. The van der Waals surface area contributed by atoms with Gasteiger partial charge in [-0.25, -0.2) is 15.0 Å². The number of benzene rings is 1. The quantitative estimate of drug-likeness (QED) is 0.370. The van der Waals surface area contributed by atoms with Gasteiger partial charge in [0.2, 0.25) is 0 Å². The van der Waals surface area contributed by atoms with Crippen LogP contribution in [-0.2, 0) is 23.9 Å². The number of ether oxygens (including phenoxy) is 2. The summed E-state index contributed by atoms with van der Waals surface area (Å²) >= 11 is 0. The maximum Gasteiger partial charge on any atom is 0.401 e. The SMILES string of the molecule is COc1cc(Nc2ccc3c(n2)CN(CC(F)(F)F)C32CCOCC2)c(C#N)nc1-c1cccc2c1ncn2C. The van der Waals surface area contributed by atoms with Crippen LogP contribution in [0.3, 0.4) is 0 Å². The van der Waals surface area contributed by atoms with Crippen molar-refractivity contribution in [1.82, 2.24) is 24.4 Å². The lowest BCUT2D eigenvalue weighted by atomic mass is 9.83. The van der Waals surface area contributed by atoms with Crippen molar-refractivity contribution in [3.63, 3.8) is 0 Å². The Morgan fingerprint density at radius 3 is 2.70 bits per heavy atom. The summed E-state index contributed by atoms with van der Waals surface area (Å²) in [6.45, 7) is -0.160. The molecule has 0 atom stereocenters. The number of hydrogen-bond donors (Lipinski definition) is 1. The van der Waals surface area contributed by atoms with E-state index in [9.17, 15) is 18.4 Å². The van der Waals surface area contributed by atoms with Crippen LogP contribution in [0.1, 0.15) is 29.8 Å². The van der Waals surface area contributed by atoms with E-state index in [2.05, 4.69) is 26.3 Å². The monoisotopic (exact) mass is 549 g/mol. The van der Waals surface area contributed by atoms with Crippen molar-refractivity contribution >= 4 is 22.5 Å². The highest BCUT2D eigenvalue weighted by Gasteiger charge is 2.50. The molecular weight excluding hydrogens is 523 g/mol. The molecule has 0 saturated carbocycles. The van der Waals surface area contributed by atoms with Crippen LogP contribution < -0.4 is 10.1 Å². The van der Waals surface area contributed by atoms with Crippen LogP contribution in [0.2, 0.25) is 0 Å². The molecule has 2 aliphatic heterocycles. The summed E-state index contributed by atoms with van der Waals surface area (Å²) in [5.41, 5.74) is 3.93. The Labute approximate surface area is 228 Å². The van der Waals surface area contributed by atoms with E-state index in [1.54, 1.807) is 18.5 Å². The first-order chi connectivity index (χ1) is 19.2. The maximum absolute atomic E-state index is 13.5. The summed E-state index contributed by atoms with van der Waals surface area (Å²) in [7, 11) is 3.42. The predicted molar refractivity (Wildman–Crippen MR) is 141 cm³/mol. The van der Waals surface area contributed by atoms with Gasteiger partial charge in [0.15, 0.2) is 5.69 Å². The number of halogens is 3. The second kappa shape index (κ2) is 9.76. The number of rotatable bonds is 5. The topological polar surface area (TPSA) is 101 Å². The third kappa shape index (κ3) is 4.41. The number of para-hydroxylation sites is 1. The van der Waals surface area contributed by atoms with Crippen molar-refractivity contribution in [3.8, 4) is 23.1 Å². The van der Waals surface area contributed by atoms with Crippen LogP contribution >= 0.6 is 0 Å². The number of imidazole rings is 1. The molecule has 1 spiro atoms. The molecule has 2 aliphatic rings. The van der Waals surface area contributed by atoms with Crippen molar-refractivity contribution in [2.75, 3.05) is 32.2 Å². The Morgan fingerprint density at radius 1 is 1.18 bits per heavy atom. The number of nitrogens with zero attached hydrogens (tertiary/aromatic N) is 6. The van der Waals surface area contributed by atoms with E-state index < -0.39 is 18.3 Å². The number of anilines is 2. The Balaban J connectivity index is 1.36. The van der Waals surface area contributed by atoms with Gasteiger partial charge in [-0.1, -0.05) is 18.2 Å². The predicted octanol–water partition coefficient (Wildman–Crippen LogP) is 5.04. The first kappa shape index (κ1) is 26.0. The number of aromatic nitrogens is 4. The summed E-state index contributed by atoms with van der Waals surface area (Å²) in [6, 6.07) is 13.1. The Kier molecular flexibility index (Phi) is 6.35. The lowest BCUT2D eigenvalue weighted by Crippen LogP contribution is -2.48. The van der Waals surface area contributed by atoms with Gasteiger partial charge in [-0.05, 0) is 30.5 Å². The van der Waals surface area contributed by atoms with Gasteiger partial charge >= 0.3 is 6.18 Å². The van der Waals surface area contributed by atoms with Crippen molar-refractivity contribution in [1.29, 1.82) is 5.26 Å². The third-order valence-electron chi connectivity index (χ3n) is 7.70. The summed E-state index contributed by atoms with van der Waals surface area (Å²) in [5, 5.41) is 13.1. The van der Waals surface area contributed by atoms with E-state index in [1.165, 1.54) is 12.0 Å². The van der Waals surface area contributed by atoms with Gasteiger partial charge in [0, 0.05) is 38.4 Å². The second-order valence-electron chi connectivity index (χ2n) is 10.0. The van der Waals surface area contributed by atoms with Crippen molar-refractivity contribution in [2.45, 2.75) is 31.1 Å². The number of methoxy groups -OCH3 is 1. The highest BCUT2D eigenvalue weighted by atomic mass is 19.4. The Bertz CT molecular complexity index is 1640. The molecule has 40 heavy (non-hydrogen) atoms. The minimum atomic E-state index is -4.33. The average molecular weight is 550 g/mol. The number of nitrogens with one attached hydrogen (secondary N) is 1. The van der Waals surface area contributed by atoms with Crippen LogP contribution in [0.15, 0.2) is 42.7 Å². The summed E-state index contributed by atoms with van der Waals surface area (Å²) < 4.78 is 53.4. The molecule has 1 saturated heterocycles. The van der Waals surface area contributed by atoms with Crippen LogP contribution in [0, 0.1) is 11.3 Å². The van der Waals surface area contributed by atoms with Crippen molar-refractivity contribution in [2.24, 2.45) is 7.05 Å². The van der Waals surface area contributed by atoms with E-state index in [-0.39, 0.29) is 12.2 Å². The molecule has 5 heterocycles. The standard InChI is InChI=1S/C28H26F3N7O2/c1-37-16-33-25-17(4-3-5-22(25)37)26-23(39-2)12-19(20(13-32)36-26)34-24-7-6-18-21(35-24)14-38(15-28(29,30)31)27(18)8-10-40-11-9-27/h3-7,12,16H,8-11,14-15H2,1-2H3,(H,34,35). The number of fused-ring (bicyclic) bond motifs is 3. The molecule has 6 rings (SSSR count). The number of nitriles is 1. The van der Waals surface area contributed by atoms with E-state index in [1.807, 2.05) is 35.9 Å². The smallest absolute Gasteiger partial charge is 0.401 e. The van der Waals surface area contributed by atoms with Gasteiger partial charge in [0.1, 0.15) is 23.3 Å². The van der Waals surface area contributed by atoms with E-state index in [4.69, 9.17) is 9.47 Å². The lowest BCUT2D eigenvalue weighted by Gasteiger charge is -2.42. The minimum Gasteiger partial charge on any atom is -0.494 e. The minimum absolute atomic E-state index is 0.0735. The Morgan fingerprint density at radius 2 is 1.98 bits per heavy atom. The number of alkyl halides is 3. The highest BCUT2D eigenvalue weighted by Crippen LogP contribution is 2.47. The van der Waals surface area contributed by atoms with Crippen LogP contribution in [0.5, 0.6) is 5.75 Å². The molecule has 206 valence electrons. The van der Waals surface area contributed by atoms with Gasteiger partial charge < -0.3 is 19.4 Å². The number of aryl methyl sites for hydroxylation is 1. The molecule has 0 bridgehead atoms. The fourth-order valence-electron chi connectivity index (χ4n) is 5.85. The molecule has 9 nitrogen and oxygen atoms in total. The van der Waals surface area contributed by atoms with Crippen molar-refractivity contribution in [3.05, 3.63) is 59.7 Å². The zero-order chi connectivity index (χ0) is 28.1. The van der Waals surface area contributed by atoms with Crippen molar-refractivity contribution < 1.29 is 22.6 Å². The zero-order valence-electron chi connectivity index (χ0n) is 21.9. The van der Waals surface area contributed by atoms with E-state index >= 15 is 0 Å².